The largest absolute Gasteiger partial charge is 0.489 e. The second-order valence-electron chi connectivity index (χ2n) is 5.99. The Kier molecular flexibility index (Phi) is 6.05. The van der Waals surface area contributed by atoms with Gasteiger partial charge in [-0.2, -0.15) is 0 Å². The van der Waals surface area contributed by atoms with Crippen LogP contribution in [-0.2, 0) is 6.61 Å². The predicted octanol–water partition coefficient (Wildman–Crippen LogP) is 4.56. The Bertz CT molecular complexity index is 864. The summed E-state index contributed by atoms with van der Waals surface area (Å²) in [5.41, 5.74) is 1.46. The van der Waals surface area contributed by atoms with Gasteiger partial charge in [-0.3, -0.25) is 4.79 Å². The summed E-state index contributed by atoms with van der Waals surface area (Å²) in [6, 6.07) is 22.4. The third-order valence-corrected chi connectivity index (χ3v) is 3.83. The van der Waals surface area contributed by atoms with E-state index in [2.05, 4.69) is 5.32 Å². The van der Waals surface area contributed by atoms with Gasteiger partial charge in [-0.15, -0.1) is 0 Å². The number of nitrogens with one attached hydrogen (secondary N) is 1. The minimum atomic E-state index is -0.543. The first kappa shape index (κ1) is 18.5. The van der Waals surface area contributed by atoms with Crippen LogP contribution in [0, 0.1) is 5.82 Å². The molecule has 0 aliphatic heterocycles. The van der Waals surface area contributed by atoms with Gasteiger partial charge in [0.05, 0.1) is 0 Å². The van der Waals surface area contributed by atoms with Gasteiger partial charge in [0.2, 0.25) is 0 Å². The number of carbonyl (C=O) groups excluding carboxylic acids is 1. The van der Waals surface area contributed by atoms with Gasteiger partial charge in [-0.1, -0.05) is 30.3 Å². The SMILES string of the molecule is CC(NC(=O)c1ccc(F)cc1)Oc1ccc(OCc2ccccc2)cc1. The molecule has 0 saturated carbocycles. The molecule has 0 saturated heterocycles. The number of benzene rings is 3. The second-order valence-corrected chi connectivity index (χ2v) is 5.99. The Morgan fingerprint density at radius 3 is 2.22 bits per heavy atom. The van der Waals surface area contributed by atoms with Crippen LogP contribution in [0.25, 0.3) is 0 Å². The highest BCUT2D eigenvalue weighted by atomic mass is 19.1. The lowest BCUT2D eigenvalue weighted by Crippen LogP contribution is -2.36. The van der Waals surface area contributed by atoms with Gasteiger partial charge in [-0.25, -0.2) is 4.39 Å². The smallest absolute Gasteiger partial charge is 0.254 e. The van der Waals surface area contributed by atoms with E-state index in [0.717, 1.165) is 11.3 Å². The molecular weight excluding hydrogens is 345 g/mol. The van der Waals surface area contributed by atoms with Crippen molar-refractivity contribution < 1.29 is 18.7 Å². The van der Waals surface area contributed by atoms with Gasteiger partial charge in [-0.05, 0) is 61.0 Å². The van der Waals surface area contributed by atoms with E-state index in [-0.39, 0.29) is 11.7 Å². The highest BCUT2D eigenvalue weighted by molar-refractivity contribution is 5.94. The highest BCUT2D eigenvalue weighted by Gasteiger charge is 2.11. The summed E-state index contributed by atoms with van der Waals surface area (Å²) in [7, 11) is 0. The Balaban J connectivity index is 1.50. The molecule has 0 bridgehead atoms. The van der Waals surface area contributed by atoms with Crippen molar-refractivity contribution in [2.45, 2.75) is 19.8 Å². The molecule has 0 aromatic heterocycles. The summed E-state index contributed by atoms with van der Waals surface area (Å²) >= 11 is 0. The van der Waals surface area contributed by atoms with E-state index < -0.39 is 6.23 Å². The topological polar surface area (TPSA) is 47.6 Å². The summed E-state index contributed by atoms with van der Waals surface area (Å²) in [6.07, 6.45) is -0.543. The number of hydrogen-bond donors (Lipinski definition) is 1. The minimum absolute atomic E-state index is 0.328. The molecule has 138 valence electrons. The Labute approximate surface area is 157 Å². The number of amides is 1. The molecule has 0 radical (unpaired) electrons. The summed E-state index contributed by atoms with van der Waals surface area (Å²) in [4.78, 5) is 12.1. The first-order chi connectivity index (χ1) is 13.1. The van der Waals surface area contributed by atoms with Gasteiger partial charge >= 0.3 is 0 Å². The lowest BCUT2D eigenvalue weighted by atomic mass is 10.2. The van der Waals surface area contributed by atoms with E-state index in [4.69, 9.17) is 9.47 Å². The molecule has 0 heterocycles. The van der Waals surface area contributed by atoms with Crippen LogP contribution in [0.15, 0.2) is 78.9 Å². The highest BCUT2D eigenvalue weighted by Crippen LogP contribution is 2.19. The van der Waals surface area contributed by atoms with Gasteiger partial charge in [0.15, 0.2) is 6.23 Å². The van der Waals surface area contributed by atoms with Gasteiger partial charge < -0.3 is 14.8 Å². The molecule has 0 fully saturated rings. The maximum atomic E-state index is 12.9. The molecule has 3 aromatic carbocycles. The first-order valence-corrected chi connectivity index (χ1v) is 8.60. The summed E-state index contributed by atoms with van der Waals surface area (Å²) < 4.78 is 24.3. The molecule has 0 spiro atoms. The molecule has 1 amide bonds. The molecule has 3 rings (SSSR count). The van der Waals surface area contributed by atoms with Crippen LogP contribution in [0.5, 0.6) is 11.5 Å². The van der Waals surface area contributed by atoms with Crippen LogP contribution in [0.1, 0.15) is 22.8 Å². The Morgan fingerprint density at radius 1 is 0.926 bits per heavy atom. The van der Waals surface area contributed by atoms with E-state index >= 15 is 0 Å². The molecule has 1 N–H and O–H groups in total. The molecule has 0 aliphatic carbocycles. The summed E-state index contributed by atoms with van der Waals surface area (Å²) in [5, 5.41) is 2.71. The van der Waals surface area contributed by atoms with Crippen LogP contribution in [0.4, 0.5) is 4.39 Å². The molecule has 0 aliphatic rings. The van der Waals surface area contributed by atoms with Crippen LogP contribution in [-0.4, -0.2) is 12.1 Å². The first-order valence-electron chi connectivity index (χ1n) is 8.60. The average molecular weight is 365 g/mol. The molecular formula is C22H20FNO3. The third-order valence-electron chi connectivity index (χ3n) is 3.83. The number of carbonyl (C=O) groups is 1. The van der Waals surface area contributed by atoms with E-state index in [1.165, 1.54) is 24.3 Å². The zero-order valence-corrected chi connectivity index (χ0v) is 14.9. The molecule has 3 aromatic rings. The van der Waals surface area contributed by atoms with Crippen molar-refractivity contribution in [3.8, 4) is 11.5 Å². The van der Waals surface area contributed by atoms with Crippen molar-refractivity contribution in [3.05, 3.63) is 95.8 Å². The zero-order valence-electron chi connectivity index (χ0n) is 14.9. The Morgan fingerprint density at radius 2 is 1.56 bits per heavy atom. The van der Waals surface area contributed by atoms with Crippen molar-refractivity contribution in [3.63, 3.8) is 0 Å². The van der Waals surface area contributed by atoms with Crippen LogP contribution < -0.4 is 14.8 Å². The molecule has 5 heteroatoms. The standard InChI is InChI=1S/C22H20FNO3/c1-16(24-22(25)18-7-9-19(23)10-8-18)27-21-13-11-20(12-14-21)26-15-17-5-3-2-4-6-17/h2-14,16H,15H2,1H3,(H,24,25). The number of ether oxygens (including phenoxy) is 2. The molecule has 1 unspecified atom stereocenters. The Hall–Kier alpha value is -3.34. The maximum absolute atomic E-state index is 12.9. The van der Waals surface area contributed by atoms with Crippen molar-refractivity contribution in [1.29, 1.82) is 0 Å². The number of rotatable bonds is 7. The van der Waals surface area contributed by atoms with Crippen LogP contribution in [0.3, 0.4) is 0 Å². The van der Waals surface area contributed by atoms with E-state index in [1.54, 1.807) is 19.1 Å². The molecule has 1 atom stereocenters. The van der Waals surface area contributed by atoms with Crippen molar-refractivity contribution >= 4 is 5.91 Å². The molecule has 27 heavy (non-hydrogen) atoms. The van der Waals surface area contributed by atoms with Gasteiger partial charge in [0.1, 0.15) is 23.9 Å². The third kappa shape index (κ3) is 5.57. The summed E-state index contributed by atoms with van der Waals surface area (Å²) in [6.45, 7) is 2.21. The lowest BCUT2D eigenvalue weighted by Gasteiger charge is -2.16. The average Bonchev–Trinajstić information content (AvgIpc) is 2.68. The normalized spacial score (nSPS) is 11.5. The lowest BCUT2D eigenvalue weighted by molar-refractivity contribution is 0.0851. The fourth-order valence-corrected chi connectivity index (χ4v) is 2.46. The minimum Gasteiger partial charge on any atom is -0.489 e. The van der Waals surface area contributed by atoms with Crippen LogP contribution in [0.2, 0.25) is 0 Å². The van der Waals surface area contributed by atoms with E-state index in [0.29, 0.717) is 17.9 Å². The monoisotopic (exact) mass is 365 g/mol. The second kappa shape index (κ2) is 8.85. The maximum Gasteiger partial charge on any atom is 0.254 e. The van der Waals surface area contributed by atoms with Crippen molar-refractivity contribution in [1.82, 2.24) is 5.32 Å². The van der Waals surface area contributed by atoms with E-state index in [1.807, 2.05) is 42.5 Å². The van der Waals surface area contributed by atoms with Crippen molar-refractivity contribution in [2.24, 2.45) is 0 Å². The zero-order chi connectivity index (χ0) is 19.1. The number of hydrogen-bond acceptors (Lipinski definition) is 3. The van der Waals surface area contributed by atoms with Crippen LogP contribution >= 0.6 is 0 Å². The predicted molar refractivity (Wildman–Crippen MR) is 101 cm³/mol. The number of halogens is 1. The van der Waals surface area contributed by atoms with Crippen molar-refractivity contribution in [2.75, 3.05) is 0 Å². The van der Waals surface area contributed by atoms with Gasteiger partial charge in [0.25, 0.3) is 5.91 Å². The summed E-state index contributed by atoms with van der Waals surface area (Å²) in [5.74, 6) is 0.624. The quantitative estimate of drug-likeness (QED) is 0.625. The molecule has 4 nitrogen and oxygen atoms in total. The fourth-order valence-electron chi connectivity index (χ4n) is 2.46. The van der Waals surface area contributed by atoms with E-state index in [9.17, 15) is 9.18 Å². The fraction of sp³-hybridized carbons (Fsp3) is 0.136. The van der Waals surface area contributed by atoms with Gasteiger partial charge in [0, 0.05) is 5.56 Å².